The van der Waals surface area contributed by atoms with Gasteiger partial charge in [0.25, 0.3) is 0 Å². The van der Waals surface area contributed by atoms with E-state index < -0.39 is 24.3 Å². The number of hydrogen-bond donors (Lipinski definition) is 4. The quantitative estimate of drug-likeness (QED) is 0.520. The fourth-order valence-corrected chi connectivity index (χ4v) is 2.38. The highest BCUT2D eigenvalue weighted by molar-refractivity contribution is 5.88. The Bertz CT molecular complexity index is 274. The van der Waals surface area contributed by atoms with Gasteiger partial charge in [-0.3, -0.25) is 9.59 Å². The number of rotatable bonds is 4. The van der Waals surface area contributed by atoms with Crippen molar-refractivity contribution in [2.75, 3.05) is 0 Å². The Morgan fingerprint density at radius 3 is 1.56 bits per heavy atom. The zero-order chi connectivity index (χ0) is 13.7. The molecule has 4 atom stereocenters. The van der Waals surface area contributed by atoms with Crippen LogP contribution in [0, 0.1) is 11.8 Å². The van der Waals surface area contributed by atoms with E-state index in [1.165, 1.54) is 13.8 Å². The topological polar surface area (TPSA) is 98.7 Å². The lowest BCUT2D eigenvalue weighted by molar-refractivity contribution is -0.139. The molecule has 0 saturated heterocycles. The van der Waals surface area contributed by atoms with E-state index in [1.807, 2.05) is 0 Å². The molecule has 1 aliphatic rings. The van der Waals surface area contributed by atoms with Gasteiger partial charge >= 0.3 is 0 Å². The van der Waals surface area contributed by atoms with Crippen LogP contribution in [0.4, 0.5) is 0 Å². The van der Waals surface area contributed by atoms with Gasteiger partial charge in [0.05, 0.1) is 0 Å². The average Bonchev–Trinajstić information content (AvgIpc) is 2.27. The van der Waals surface area contributed by atoms with E-state index in [-0.39, 0.29) is 11.8 Å². The van der Waals surface area contributed by atoms with Gasteiger partial charge in [-0.15, -0.1) is 0 Å². The third-order valence-corrected chi connectivity index (χ3v) is 3.14. The Balaban J connectivity index is 2.67. The maximum atomic E-state index is 11.9. The molecule has 0 heterocycles. The van der Waals surface area contributed by atoms with Gasteiger partial charge in [0, 0.05) is 11.8 Å². The first kappa shape index (κ1) is 14.9. The molecule has 0 aromatic carbocycles. The van der Waals surface area contributed by atoms with Gasteiger partial charge in [-0.2, -0.15) is 0 Å². The van der Waals surface area contributed by atoms with E-state index in [0.717, 1.165) is 12.8 Å². The van der Waals surface area contributed by atoms with Crippen LogP contribution in [-0.2, 0) is 9.59 Å². The Morgan fingerprint density at radius 2 is 1.28 bits per heavy atom. The fraction of sp³-hybridized carbons (Fsp3) is 0.833. The van der Waals surface area contributed by atoms with Crippen molar-refractivity contribution in [1.82, 2.24) is 10.6 Å². The lowest BCUT2D eigenvalue weighted by atomic mass is 9.78. The molecular weight excluding hydrogens is 236 g/mol. The first-order chi connectivity index (χ1) is 8.41. The van der Waals surface area contributed by atoms with Crippen LogP contribution in [0.15, 0.2) is 0 Å². The molecule has 0 radical (unpaired) electrons. The lowest BCUT2D eigenvalue weighted by Crippen LogP contribution is -2.47. The summed E-state index contributed by atoms with van der Waals surface area (Å²) in [4.78, 5) is 23.8. The van der Waals surface area contributed by atoms with Crippen LogP contribution in [0.3, 0.4) is 0 Å². The number of hydrogen-bond acceptors (Lipinski definition) is 4. The molecule has 18 heavy (non-hydrogen) atoms. The van der Waals surface area contributed by atoms with Gasteiger partial charge in [0.1, 0.15) is 12.5 Å². The number of carbonyl (C=O) groups is 2. The third-order valence-electron chi connectivity index (χ3n) is 3.14. The Morgan fingerprint density at radius 1 is 0.944 bits per heavy atom. The van der Waals surface area contributed by atoms with E-state index in [0.29, 0.717) is 12.8 Å². The van der Waals surface area contributed by atoms with E-state index in [4.69, 9.17) is 10.2 Å². The minimum atomic E-state index is -0.917. The SMILES string of the molecule is CC(O)NC(=O)C1CCCCC1C(=O)NC(C)O. The monoisotopic (exact) mass is 258 g/mol. The molecule has 0 aliphatic heterocycles. The highest BCUT2D eigenvalue weighted by atomic mass is 16.3. The van der Waals surface area contributed by atoms with Crippen LogP contribution in [0.25, 0.3) is 0 Å². The summed E-state index contributed by atoms with van der Waals surface area (Å²) in [7, 11) is 0. The molecule has 1 aliphatic carbocycles. The summed E-state index contributed by atoms with van der Waals surface area (Å²) in [6, 6.07) is 0. The van der Waals surface area contributed by atoms with Gasteiger partial charge in [-0.25, -0.2) is 0 Å². The van der Waals surface area contributed by atoms with Gasteiger partial charge in [-0.05, 0) is 26.7 Å². The van der Waals surface area contributed by atoms with Crippen molar-refractivity contribution in [2.45, 2.75) is 52.0 Å². The molecule has 4 unspecified atom stereocenters. The van der Waals surface area contributed by atoms with E-state index in [9.17, 15) is 9.59 Å². The summed E-state index contributed by atoms with van der Waals surface area (Å²) in [5, 5.41) is 23.2. The molecule has 0 aromatic heterocycles. The minimum Gasteiger partial charge on any atom is -0.374 e. The third kappa shape index (κ3) is 4.27. The molecule has 4 N–H and O–H groups in total. The van der Waals surface area contributed by atoms with Gasteiger partial charge in [0.15, 0.2) is 0 Å². The molecule has 2 amide bonds. The smallest absolute Gasteiger partial charge is 0.225 e. The van der Waals surface area contributed by atoms with Gasteiger partial charge < -0.3 is 20.8 Å². The van der Waals surface area contributed by atoms with E-state index >= 15 is 0 Å². The van der Waals surface area contributed by atoms with Crippen LogP contribution in [0.1, 0.15) is 39.5 Å². The molecule has 6 heteroatoms. The highest BCUT2D eigenvalue weighted by Crippen LogP contribution is 2.30. The van der Waals surface area contributed by atoms with Crippen molar-refractivity contribution in [2.24, 2.45) is 11.8 Å². The van der Waals surface area contributed by atoms with Crippen LogP contribution >= 0.6 is 0 Å². The average molecular weight is 258 g/mol. The lowest BCUT2D eigenvalue weighted by Gasteiger charge is -2.30. The van der Waals surface area contributed by atoms with Crippen molar-refractivity contribution in [3.63, 3.8) is 0 Å². The summed E-state index contributed by atoms with van der Waals surface area (Å²) in [5.41, 5.74) is 0. The molecule has 1 rings (SSSR count). The van der Waals surface area contributed by atoms with Crippen LogP contribution < -0.4 is 10.6 Å². The zero-order valence-corrected chi connectivity index (χ0v) is 10.8. The second-order valence-electron chi connectivity index (χ2n) is 4.87. The van der Waals surface area contributed by atoms with Crippen LogP contribution in [0.5, 0.6) is 0 Å². The zero-order valence-electron chi connectivity index (χ0n) is 10.8. The fourth-order valence-electron chi connectivity index (χ4n) is 2.38. The second kappa shape index (κ2) is 6.70. The standard InChI is InChI=1S/C12H22N2O4/c1-7(15)13-11(17)9-5-3-4-6-10(9)12(18)14-8(2)16/h7-10,15-16H,3-6H2,1-2H3,(H,13,17)(H,14,18). The number of nitrogens with one attached hydrogen (secondary N) is 2. The number of aliphatic hydroxyl groups is 2. The van der Waals surface area contributed by atoms with E-state index in [2.05, 4.69) is 10.6 Å². The molecule has 0 bridgehead atoms. The largest absolute Gasteiger partial charge is 0.374 e. The predicted molar refractivity (Wildman–Crippen MR) is 65.1 cm³/mol. The summed E-state index contributed by atoms with van der Waals surface area (Å²) < 4.78 is 0. The molecule has 104 valence electrons. The Kier molecular flexibility index (Phi) is 5.55. The molecule has 0 spiro atoms. The molecular formula is C12H22N2O4. The Labute approximate surface area is 107 Å². The molecule has 6 nitrogen and oxygen atoms in total. The summed E-state index contributed by atoms with van der Waals surface area (Å²) in [6.45, 7) is 2.93. The second-order valence-corrected chi connectivity index (χ2v) is 4.87. The summed E-state index contributed by atoms with van der Waals surface area (Å²) in [6.07, 6.45) is 1.24. The maximum absolute atomic E-state index is 11.9. The van der Waals surface area contributed by atoms with Gasteiger partial charge in [-0.1, -0.05) is 12.8 Å². The van der Waals surface area contributed by atoms with Crippen molar-refractivity contribution in [3.8, 4) is 0 Å². The maximum Gasteiger partial charge on any atom is 0.225 e. The normalized spacial score (nSPS) is 27.1. The number of amides is 2. The number of aliphatic hydroxyl groups excluding tert-OH is 2. The molecule has 1 fully saturated rings. The van der Waals surface area contributed by atoms with Crippen molar-refractivity contribution < 1.29 is 19.8 Å². The van der Waals surface area contributed by atoms with Crippen LogP contribution in [0.2, 0.25) is 0 Å². The first-order valence-electron chi connectivity index (χ1n) is 6.38. The molecule has 1 saturated carbocycles. The summed E-state index contributed by atoms with van der Waals surface area (Å²) >= 11 is 0. The van der Waals surface area contributed by atoms with Crippen molar-refractivity contribution >= 4 is 11.8 Å². The van der Waals surface area contributed by atoms with E-state index in [1.54, 1.807) is 0 Å². The number of carbonyl (C=O) groups excluding carboxylic acids is 2. The van der Waals surface area contributed by atoms with Gasteiger partial charge in [0.2, 0.25) is 11.8 Å². The minimum absolute atomic E-state index is 0.296. The van der Waals surface area contributed by atoms with Crippen LogP contribution in [-0.4, -0.2) is 34.5 Å². The van der Waals surface area contributed by atoms with Crippen molar-refractivity contribution in [3.05, 3.63) is 0 Å². The van der Waals surface area contributed by atoms with Crippen molar-refractivity contribution in [1.29, 1.82) is 0 Å². The Hall–Kier alpha value is -1.14. The molecule has 0 aromatic rings. The predicted octanol–water partition coefficient (Wildman–Crippen LogP) is -0.298. The first-order valence-corrected chi connectivity index (χ1v) is 6.38. The summed E-state index contributed by atoms with van der Waals surface area (Å²) in [5.74, 6) is -1.44. The highest BCUT2D eigenvalue weighted by Gasteiger charge is 2.36.